The molecule has 25 heavy (non-hydrogen) atoms. The fourth-order valence-corrected chi connectivity index (χ4v) is 5.75. The molecule has 0 amide bonds. The number of sulfonamides is 1. The van der Waals surface area contributed by atoms with Gasteiger partial charge in [0.2, 0.25) is 10.0 Å². The minimum absolute atomic E-state index is 0.0241. The van der Waals surface area contributed by atoms with E-state index in [1.165, 1.54) is 5.41 Å². The van der Waals surface area contributed by atoms with Gasteiger partial charge in [-0.1, -0.05) is 30.3 Å². The van der Waals surface area contributed by atoms with Crippen molar-refractivity contribution in [3.05, 3.63) is 41.3 Å². The van der Waals surface area contributed by atoms with Crippen LogP contribution in [0.1, 0.15) is 12.0 Å². The van der Waals surface area contributed by atoms with Crippen LogP contribution < -0.4 is 0 Å². The second-order valence-corrected chi connectivity index (χ2v) is 9.29. The highest BCUT2D eigenvalue weighted by Crippen LogP contribution is 2.22. The molecule has 1 aromatic rings. The van der Waals surface area contributed by atoms with Crippen LogP contribution in [0.25, 0.3) is 6.08 Å². The Hall–Kier alpha value is -0.860. The zero-order chi connectivity index (χ0) is 17.5. The van der Waals surface area contributed by atoms with Crippen LogP contribution in [0.3, 0.4) is 0 Å². The molecule has 0 aliphatic carbocycles. The molecule has 1 atom stereocenters. The van der Waals surface area contributed by atoms with Crippen LogP contribution in [0.15, 0.2) is 35.7 Å². The average Bonchev–Trinajstić information content (AvgIpc) is 2.88. The van der Waals surface area contributed by atoms with Crippen molar-refractivity contribution in [2.24, 2.45) is 0 Å². The van der Waals surface area contributed by atoms with E-state index in [2.05, 4.69) is 4.90 Å². The van der Waals surface area contributed by atoms with Crippen molar-refractivity contribution in [3.63, 3.8) is 0 Å². The van der Waals surface area contributed by atoms with Crippen molar-refractivity contribution >= 4 is 27.9 Å². The van der Waals surface area contributed by atoms with Crippen LogP contribution in [-0.2, 0) is 14.8 Å². The lowest BCUT2D eigenvalue weighted by molar-refractivity contribution is 0.0309. The van der Waals surface area contributed by atoms with Gasteiger partial charge >= 0.3 is 0 Å². The van der Waals surface area contributed by atoms with Gasteiger partial charge in [0.25, 0.3) is 0 Å². The summed E-state index contributed by atoms with van der Waals surface area (Å²) in [5.41, 5.74) is 0.903. The molecule has 5 nitrogen and oxygen atoms in total. The highest BCUT2D eigenvalue weighted by molar-refractivity contribution is 7.99. The number of nitrogens with zero attached hydrogens (tertiary/aromatic N) is 2. The molecule has 2 aliphatic heterocycles. The molecule has 0 aromatic heterocycles. The van der Waals surface area contributed by atoms with E-state index in [9.17, 15) is 8.42 Å². The molecule has 3 rings (SSSR count). The molecular formula is C18H26N2O3S2. The van der Waals surface area contributed by atoms with E-state index in [1.54, 1.807) is 10.4 Å². The molecule has 2 heterocycles. The fraction of sp³-hybridized carbons (Fsp3) is 0.556. The predicted molar refractivity (Wildman–Crippen MR) is 104 cm³/mol. The van der Waals surface area contributed by atoms with Gasteiger partial charge in [-0.05, 0) is 23.8 Å². The van der Waals surface area contributed by atoms with E-state index >= 15 is 0 Å². The maximum Gasteiger partial charge on any atom is 0.236 e. The van der Waals surface area contributed by atoms with Crippen molar-refractivity contribution in [1.29, 1.82) is 0 Å². The highest BCUT2D eigenvalue weighted by atomic mass is 32.2. The number of hydrogen-bond acceptors (Lipinski definition) is 5. The molecule has 0 spiro atoms. The Kier molecular flexibility index (Phi) is 6.95. The monoisotopic (exact) mass is 382 g/mol. The van der Waals surface area contributed by atoms with Gasteiger partial charge in [0.05, 0.1) is 13.2 Å². The van der Waals surface area contributed by atoms with Gasteiger partial charge in [0.1, 0.15) is 0 Å². The summed E-state index contributed by atoms with van der Waals surface area (Å²) in [6.07, 6.45) is 2.60. The lowest BCUT2D eigenvalue weighted by Crippen LogP contribution is -2.49. The standard InChI is InChI=1S/C18H26N2O3S2/c21-25(22,14-7-17-5-2-1-3-6-17)20-8-4-13-24-16-18(20)15-19-9-11-23-12-10-19/h1-3,5-7,14,18H,4,8-13,15-16H2/b14-7+. The Labute approximate surface area is 155 Å². The van der Waals surface area contributed by atoms with E-state index in [1.807, 2.05) is 42.1 Å². The summed E-state index contributed by atoms with van der Waals surface area (Å²) in [5.74, 6) is 1.88. The Bertz CT molecular complexity index is 658. The fourth-order valence-electron chi connectivity index (χ4n) is 3.17. The summed E-state index contributed by atoms with van der Waals surface area (Å²) < 4.78 is 33.0. The number of ether oxygens (including phenoxy) is 1. The minimum Gasteiger partial charge on any atom is -0.379 e. The van der Waals surface area contributed by atoms with Crippen LogP contribution >= 0.6 is 11.8 Å². The summed E-state index contributed by atoms with van der Waals surface area (Å²) in [5, 5.41) is 1.37. The third kappa shape index (κ3) is 5.56. The van der Waals surface area contributed by atoms with Crippen molar-refractivity contribution in [2.75, 3.05) is 50.9 Å². The van der Waals surface area contributed by atoms with Gasteiger partial charge in [-0.15, -0.1) is 0 Å². The van der Waals surface area contributed by atoms with Crippen LogP contribution in [0.4, 0.5) is 0 Å². The minimum atomic E-state index is -3.42. The number of benzene rings is 1. The summed E-state index contributed by atoms with van der Waals surface area (Å²) in [6.45, 7) is 4.63. The molecule has 0 saturated carbocycles. The number of hydrogen-bond donors (Lipinski definition) is 0. The summed E-state index contributed by atoms with van der Waals surface area (Å²) in [7, 11) is -3.42. The SMILES string of the molecule is O=S(=O)(/C=C/c1ccccc1)N1CCCSCC1CN1CCOCC1. The maximum atomic E-state index is 13.0. The Balaban J connectivity index is 1.73. The van der Waals surface area contributed by atoms with E-state index in [-0.39, 0.29) is 6.04 Å². The molecule has 0 N–H and O–H groups in total. The molecule has 1 unspecified atom stereocenters. The van der Waals surface area contributed by atoms with Gasteiger partial charge in [-0.2, -0.15) is 16.1 Å². The first kappa shape index (κ1) is 18.9. The summed E-state index contributed by atoms with van der Waals surface area (Å²) in [4.78, 5) is 2.32. The zero-order valence-electron chi connectivity index (χ0n) is 14.4. The molecule has 7 heteroatoms. The molecule has 2 aliphatic rings. The molecule has 138 valence electrons. The molecule has 2 saturated heterocycles. The van der Waals surface area contributed by atoms with E-state index in [0.717, 1.165) is 56.3 Å². The maximum absolute atomic E-state index is 13.0. The van der Waals surface area contributed by atoms with Crippen molar-refractivity contribution in [2.45, 2.75) is 12.5 Å². The first-order chi connectivity index (χ1) is 12.1. The Morgan fingerprint density at radius 3 is 2.68 bits per heavy atom. The van der Waals surface area contributed by atoms with Crippen LogP contribution in [0.5, 0.6) is 0 Å². The lowest BCUT2D eigenvalue weighted by atomic mass is 10.2. The smallest absolute Gasteiger partial charge is 0.236 e. The van der Waals surface area contributed by atoms with E-state index < -0.39 is 10.0 Å². The molecular weight excluding hydrogens is 356 g/mol. The molecule has 2 fully saturated rings. The van der Waals surface area contributed by atoms with Gasteiger partial charge in [0.15, 0.2) is 0 Å². The summed E-state index contributed by atoms with van der Waals surface area (Å²) >= 11 is 1.86. The third-order valence-electron chi connectivity index (χ3n) is 4.52. The molecule has 0 radical (unpaired) electrons. The van der Waals surface area contributed by atoms with Gasteiger partial charge in [-0.25, -0.2) is 8.42 Å². The van der Waals surface area contributed by atoms with Crippen molar-refractivity contribution in [3.8, 4) is 0 Å². The number of thioether (sulfide) groups is 1. The topological polar surface area (TPSA) is 49.9 Å². The van der Waals surface area contributed by atoms with Gasteiger partial charge in [0, 0.05) is 43.4 Å². The lowest BCUT2D eigenvalue weighted by Gasteiger charge is -2.34. The Morgan fingerprint density at radius 1 is 1.16 bits per heavy atom. The normalized spacial score (nSPS) is 24.4. The number of morpholine rings is 1. The first-order valence-corrected chi connectivity index (χ1v) is 11.4. The van der Waals surface area contributed by atoms with Crippen molar-refractivity contribution < 1.29 is 13.2 Å². The number of rotatable bonds is 5. The second kappa shape index (κ2) is 9.19. The second-order valence-electron chi connectivity index (χ2n) is 6.36. The van der Waals surface area contributed by atoms with Gasteiger partial charge in [-0.3, -0.25) is 4.90 Å². The Morgan fingerprint density at radius 2 is 1.92 bits per heavy atom. The van der Waals surface area contributed by atoms with E-state index in [0.29, 0.717) is 6.54 Å². The van der Waals surface area contributed by atoms with Crippen LogP contribution in [0.2, 0.25) is 0 Å². The van der Waals surface area contributed by atoms with Crippen LogP contribution in [0, 0.1) is 0 Å². The largest absolute Gasteiger partial charge is 0.379 e. The zero-order valence-corrected chi connectivity index (χ0v) is 16.1. The van der Waals surface area contributed by atoms with Crippen molar-refractivity contribution in [1.82, 2.24) is 9.21 Å². The summed E-state index contributed by atoms with van der Waals surface area (Å²) in [6, 6.07) is 9.60. The third-order valence-corrected chi connectivity index (χ3v) is 7.33. The predicted octanol–water partition coefficient (Wildman–Crippen LogP) is 2.13. The quantitative estimate of drug-likeness (QED) is 0.781. The molecule has 0 bridgehead atoms. The van der Waals surface area contributed by atoms with Crippen LogP contribution in [-0.4, -0.2) is 74.6 Å². The van der Waals surface area contributed by atoms with E-state index in [4.69, 9.17) is 4.74 Å². The first-order valence-electron chi connectivity index (χ1n) is 8.78. The van der Waals surface area contributed by atoms with Gasteiger partial charge < -0.3 is 4.74 Å². The highest BCUT2D eigenvalue weighted by Gasteiger charge is 2.31. The molecule has 1 aromatic carbocycles. The average molecular weight is 383 g/mol.